The van der Waals surface area contributed by atoms with Gasteiger partial charge in [-0.1, -0.05) is 143 Å². The van der Waals surface area contributed by atoms with E-state index in [1.807, 2.05) is 0 Å². The fraction of sp³-hybridized carbons (Fsp3) is 0.652. The van der Waals surface area contributed by atoms with Crippen LogP contribution in [-0.4, -0.2) is 4.70 Å². The Bertz CT molecular complexity index is 1280. The molecule has 0 aliphatic carbocycles. The van der Waals surface area contributed by atoms with Gasteiger partial charge in [-0.15, -0.1) is 0 Å². The summed E-state index contributed by atoms with van der Waals surface area (Å²) in [5.74, 6) is 0. The minimum atomic E-state index is 0.971. The highest BCUT2D eigenvalue weighted by Gasteiger charge is 2.29. The molecule has 0 amide bonds. The van der Waals surface area contributed by atoms with Gasteiger partial charge in [0.2, 0.25) is 11.4 Å². The van der Waals surface area contributed by atoms with E-state index in [0.717, 1.165) is 43.5 Å². The molecule has 0 atom stereocenters. The first-order valence-electron chi connectivity index (χ1n) is 20.7. The molecule has 3 rings (SSSR count). The highest BCUT2D eigenvalue weighted by Crippen LogP contribution is 2.39. The van der Waals surface area contributed by atoms with Crippen LogP contribution < -0.4 is 0 Å². The predicted octanol–water partition coefficient (Wildman–Crippen LogP) is 14.9. The molecule has 48 heavy (non-hydrogen) atoms. The van der Waals surface area contributed by atoms with Crippen molar-refractivity contribution in [2.24, 2.45) is 0 Å². The highest BCUT2D eigenvalue weighted by atomic mass is 15.2. The van der Waals surface area contributed by atoms with E-state index < -0.39 is 0 Å². The number of hydrogen-bond donors (Lipinski definition) is 0. The van der Waals surface area contributed by atoms with Crippen LogP contribution in [0.5, 0.6) is 0 Å². The van der Waals surface area contributed by atoms with Crippen LogP contribution in [0, 0.1) is 0 Å². The molecule has 0 N–H and O–H groups in total. The lowest BCUT2D eigenvalue weighted by atomic mass is 9.94. The van der Waals surface area contributed by atoms with Crippen LogP contribution in [0.4, 0.5) is 0 Å². The zero-order chi connectivity index (χ0) is 34.4. The molecular weight excluding hydrogens is 581 g/mol. The number of rotatable bonds is 27. The van der Waals surface area contributed by atoms with Crippen LogP contribution in [-0.2, 0) is 25.7 Å². The molecule has 0 unspecified atom stereocenters. The van der Waals surface area contributed by atoms with Crippen molar-refractivity contribution in [3.8, 4) is 0 Å². The molecule has 0 spiro atoms. The Labute approximate surface area is 297 Å². The summed E-state index contributed by atoms with van der Waals surface area (Å²) in [6.07, 6.45) is 33.3. The summed E-state index contributed by atoms with van der Waals surface area (Å²) in [6, 6.07) is 14.5. The SMILES string of the molecule is CCCCCCCCC1=C(c2cc(CCCCC)cc(CCCCCC)c2)[N+](=[N-])C(c2cc(CCCCC)cc(CCCCCC)c2)=C1. The third-order valence-corrected chi connectivity index (χ3v) is 10.3. The van der Waals surface area contributed by atoms with Gasteiger partial charge in [-0.25, -0.2) is 4.70 Å². The van der Waals surface area contributed by atoms with Crippen molar-refractivity contribution in [2.75, 3.05) is 0 Å². The van der Waals surface area contributed by atoms with Crippen molar-refractivity contribution in [1.29, 1.82) is 0 Å². The lowest BCUT2D eigenvalue weighted by molar-refractivity contribution is -0.344. The second-order valence-electron chi connectivity index (χ2n) is 14.8. The maximum atomic E-state index is 12.2. The first-order chi connectivity index (χ1) is 23.5. The van der Waals surface area contributed by atoms with Crippen molar-refractivity contribution in [1.82, 2.24) is 0 Å². The van der Waals surface area contributed by atoms with Crippen LogP contribution in [0.2, 0.25) is 0 Å². The molecule has 0 saturated carbocycles. The quantitative estimate of drug-likeness (QED) is 0.0678. The van der Waals surface area contributed by atoms with E-state index in [0.29, 0.717) is 0 Å². The molecule has 2 aromatic carbocycles. The number of allylic oxidation sites excluding steroid dienone is 2. The largest absolute Gasteiger partial charge is 0.493 e. The average Bonchev–Trinajstić information content (AvgIpc) is 3.42. The Balaban J connectivity index is 1.99. The normalized spacial score (nSPS) is 13.2. The number of nitrogens with zero attached hydrogens (tertiary/aromatic N) is 2. The molecule has 0 fully saturated rings. The Morgan fingerprint density at radius 3 is 1.19 bits per heavy atom. The van der Waals surface area contributed by atoms with Gasteiger partial charge in [-0.2, -0.15) is 0 Å². The van der Waals surface area contributed by atoms with Crippen LogP contribution in [0.15, 0.2) is 48.0 Å². The van der Waals surface area contributed by atoms with E-state index in [-0.39, 0.29) is 0 Å². The molecule has 0 aromatic heterocycles. The lowest BCUT2D eigenvalue weighted by Gasteiger charge is -2.15. The number of benzene rings is 2. The van der Waals surface area contributed by atoms with Gasteiger partial charge < -0.3 is 5.53 Å². The molecule has 0 radical (unpaired) electrons. The number of unbranched alkanes of at least 4 members (excludes halogenated alkanes) is 15. The van der Waals surface area contributed by atoms with Crippen LogP contribution in [0.25, 0.3) is 16.9 Å². The summed E-state index contributed by atoms with van der Waals surface area (Å²) in [4.78, 5) is 0. The molecule has 1 aliphatic heterocycles. The standard InChI is InChI=1S/C46H72N2/c1-6-11-16-19-20-25-30-42-37-45(43-33-38(26-21-14-9-4)31-39(34-43)28-23-17-12-7-2)48(47)46(42)44-35-40(27-22-15-10-5)32-41(36-44)29-24-18-13-8-3/h31-37H,6-30H2,1-5H3. The van der Waals surface area contributed by atoms with Gasteiger partial charge in [-0.3, -0.25) is 0 Å². The van der Waals surface area contributed by atoms with Crippen LogP contribution in [0.1, 0.15) is 203 Å². The van der Waals surface area contributed by atoms with E-state index in [9.17, 15) is 5.53 Å². The smallest absolute Gasteiger partial charge is 0.210 e. The summed E-state index contributed by atoms with van der Waals surface area (Å²) in [5, 5.41) is 0. The van der Waals surface area contributed by atoms with Gasteiger partial charge in [-0.05, 0) is 111 Å². The van der Waals surface area contributed by atoms with Gasteiger partial charge in [0.05, 0.1) is 0 Å². The summed E-state index contributed by atoms with van der Waals surface area (Å²) >= 11 is 0. The van der Waals surface area contributed by atoms with E-state index >= 15 is 0 Å². The summed E-state index contributed by atoms with van der Waals surface area (Å²) in [7, 11) is 0. The fourth-order valence-electron chi connectivity index (χ4n) is 7.41. The van der Waals surface area contributed by atoms with Gasteiger partial charge in [0.15, 0.2) is 0 Å². The highest BCUT2D eigenvalue weighted by molar-refractivity contribution is 5.79. The van der Waals surface area contributed by atoms with E-state index in [2.05, 4.69) is 77.1 Å². The maximum Gasteiger partial charge on any atom is 0.210 e. The van der Waals surface area contributed by atoms with Gasteiger partial charge in [0, 0.05) is 22.8 Å². The maximum absolute atomic E-state index is 12.2. The lowest BCUT2D eigenvalue weighted by Crippen LogP contribution is -2.05. The minimum absolute atomic E-state index is 0.971. The first-order valence-corrected chi connectivity index (χ1v) is 20.7. The third-order valence-electron chi connectivity index (χ3n) is 10.3. The molecule has 1 aliphatic rings. The fourth-order valence-corrected chi connectivity index (χ4v) is 7.41. The topological polar surface area (TPSA) is 25.3 Å². The van der Waals surface area contributed by atoms with Crippen molar-refractivity contribution in [2.45, 2.75) is 195 Å². The average molecular weight is 653 g/mol. The molecule has 0 saturated heterocycles. The number of hydrogen-bond acceptors (Lipinski definition) is 0. The van der Waals surface area contributed by atoms with Crippen molar-refractivity contribution >= 4 is 11.4 Å². The molecular formula is C46H72N2. The van der Waals surface area contributed by atoms with Gasteiger partial charge in [0.25, 0.3) is 0 Å². The summed E-state index contributed by atoms with van der Waals surface area (Å²) in [6.45, 7) is 11.5. The Kier molecular flexibility index (Phi) is 19.8. The molecule has 2 aromatic rings. The molecule has 1 heterocycles. The van der Waals surface area contributed by atoms with Crippen LogP contribution >= 0.6 is 0 Å². The second kappa shape index (κ2) is 23.8. The summed E-state index contributed by atoms with van der Waals surface area (Å²) in [5.41, 5.74) is 23.6. The van der Waals surface area contributed by atoms with Crippen LogP contribution in [0.3, 0.4) is 0 Å². The molecule has 266 valence electrons. The predicted molar refractivity (Wildman–Crippen MR) is 212 cm³/mol. The Morgan fingerprint density at radius 1 is 0.396 bits per heavy atom. The minimum Gasteiger partial charge on any atom is -0.493 e. The number of aryl methyl sites for hydroxylation is 4. The summed E-state index contributed by atoms with van der Waals surface area (Å²) < 4.78 is 1.59. The Morgan fingerprint density at radius 2 is 0.729 bits per heavy atom. The van der Waals surface area contributed by atoms with E-state index in [4.69, 9.17) is 0 Å². The van der Waals surface area contributed by atoms with Crippen molar-refractivity contribution in [3.05, 3.63) is 87.0 Å². The third kappa shape index (κ3) is 13.8. The molecule has 0 bridgehead atoms. The Hall–Kier alpha value is -2.48. The van der Waals surface area contributed by atoms with E-state index in [1.54, 1.807) is 4.70 Å². The second-order valence-corrected chi connectivity index (χ2v) is 14.8. The molecule has 2 nitrogen and oxygen atoms in total. The zero-order valence-corrected chi connectivity index (χ0v) is 32.1. The monoisotopic (exact) mass is 653 g/mol. The van der Waals surface area contributed by atoms with Crippen molar-refractivity contribution in [3.63, 3.8) is 0 Å². The van der Waals surface area contributed by atoms with Gasteiger partial charge in [0.1, 0.15) is 0 Å². The first kappa shape index (κ1) is 40.0. The molecule has 2 heteroatoms. The van der Waals surface area contributed by atoms with Gasteiger partial charge >= 0.3 is 0 Å². The van der Waals surface area contributed by atoms with Crippen molar-refractivity contribution < 1.29 is 4.70 Å². The zero-order valence-electron chi connectivity index (χ0n) is 32.1. The van der Waals surface area contributed by atoms with E-state index in [1.165, 1.54) is 167 Å².